The molecule has 5 aliphatic rings. The maximum Gasteiger partial charge on any atom is 0.255 e. The molecule has 14 nitrogen and oxygen atoms in total. The molecule has 1 aromatic heterocycles. The number of hydrogen-bond donors (Lipinski definition) is 2. The number of ether oxygens (including phenoxy) is 2. The molecule has 16 heteroatoms. The topological polar surface area (TPSA) is 170 Å². The Hall–Kier alpha value is -5.69. The lowest BCUT2D eigenvalue weighted by atomic mass is 9.49. The zero-order valence-corrected chi connectivity index (χ0v) is 36.7. The Kier molecular flexibility index (Phi) is 11.9. The molecule has 3 aliphatic heterocycles. The number of carbonyl (C=O) groups excluding carboxylic acids is 4. The first-order valence-electron chi connectivity index (χ1n) is 21.9. The van der Waals surface area contributed by atoms with Gasteiger partial charge in [-0.2, -0.15) is 5.26 Å². The molecular formula is C47H56F2N8O6. The maximum absolute atomic E-state index is 13.8. The number of aryl methyl sites for hydroxylation is 2. The molecule has 8 rings (SSSR count). The summed E-state index contributed by atoms with van der Waals surface area (Å²) in [6.07, 6.45) is 3.49. The van der Waals surface area contributed by atoms with Gasteiger partial charge in [-0.3, -0.25) is 29.4 Å². The zero-order valence-electron chi connectivity index (χ0n) is 36.7. The molecule has 63 heavy (non-hydrogen) atoms. The molecule has 1 atom stereocenters. The van der Waals surface area contributed by atoms with Gasteiger partial charge >= 0.3 is 0 Å². The highest BCUT2D eigenvalue weighted by Crippen LogP contribution is 2.55. The number of piperidine rings is 2. The quantitative estimate of drug-likeness (QED) is 0.201. The Morgan fingerprint density at radius 3 is 2.27 bits per heavy atom. The second kappa shape index (κ2) is 17.1. The van der Waals surface area contributed by atoms with Crippen LogP contribution in [0.1, 0.15) is 109 Å². The summed E-state index contributed by atoms with van der Waals surface area (Å²) in [5.74, 6) is 0.630. The number of nitriles is 1. The van der Waals surface area contributed by atoms with Gasteiger partial charge in [0.05, 0.1) is 23.7 Å². The molecule has 2 saturated carbocycles. The van der Waals surface area contributed by atoms with Crippen molar-refractivity contribution in [2.45, 2.75) is 123 Å². The van der Waals surface area contributed by atoms with E-state index in [0.717, 1.165) is 29.5 Å². The summed E-state index contributed by atoms with van der Waals surface area (Å²) in [5, 5.41) is 15.0. The van der Waals surface area contributed by atoms with Crippen LogP contribution in [0, 0.1) is 41.9 Å². The molecule has 4 amide bonds. The van der Waals surface area contributed by atoms with Gasteiger partial charge in [-0.05, 0) is 80.0 Å². The van der Waals surface area contributed by atoms with Crippen molar-refractivity contribution in [1.29, 1.82) is 5.26 Å². The lowest BCUT2D eigenvalue weighted by molar-refractivity contribution is -0.164. The number of benzene rings is 2. The summed E-state index contributed by atoms with van der Waals surface area (Å²) < 4.78 is 40.4. The van der Waals surface area contributed by atoms with Crippen molar-refractivity contribution in [1.82, 2.24) is 30.4 Å². The van der Waals surface area contributed by atoms with Crippen LogP contribution in [0.5, 0.6) is 11.5 Å². The van der Waals surface area contributed by atoms with Crippen LogP contribution in [0.2, 0.25) is 0 Å². The Bertz CT molecular complexity index is 2280. The van der Waals surface area contributed by atoms with E-state index in [1.165, 1.54) is 4.90 Å². The summed E-state index contributed by atoms with van der Waals surface area (Å²) in [7, 11) is 0. The second-order valence-corrected chi connectivity index (χ2v) is 19.2. The van der Waals surface area contributed by atoms with E-state index in [0.29, 0.717) is 66.6 Å². The number of hydrogen-bond acceptors (Lipinski definition) is 11. The SMILES string of the molecule is Cc1cc(OC2C(C)(C)C(NC(=O)c3cnc(N4CCC(CN(CC(F)F)C5CC(Oc6ccc7c(c6)C(=O)N([C@@H]6CCC(=O)NC6=O)C7)C5)CC4)nc3)C2(C)C)cc(C)c1C#N. The molecule has 2 aliphatic carbocycles. The fourth-order valence-corrected chi connectivity index (χ4v) is 10.8. The van der Waals surface area contributed by atoms with Crippen molar-refractivity contribution in [2.24, 2.45) is 16.7 Å². The van der Waals surface area contributed by atoms with Crippen molar-refractivity contribution < 1.29 is 37.4 Å². The minimum absolute atomic E-state index is 0.0475. The summed E-state index contributed by atoms with van der Waals surface area (Å²) in [6.45, 7) is 14.0. The summed E-state index contributed by atoms with van der Waals surface area (Å²) in [4.78, 5) is 65.4. The fourth-order valence-electron chi connectivity index (χ4n) is 10.8. The Morgan fingerprint density at radius 1 is 0.984 bits per heavy atom. The molecule has 4 fully saturated rings. The summed E-state index contributed by atoms with van der Waals surface area (Å²) in [6, 6.07) is 10.4. The van der Waals surface area contributed by atoms with Gasteiger partial charge in [-0.1, -0.05) is 33.8 Å². The van der Waals surface area contributed by atoms with Gasteiger partial charge < -0.3 is 24.6 Å². The van der Waals surface area contributed by atoms with Gasteiger partial charge in [0.1, 0.15) is 29.7 Å². The van der Waals surface area contributed by atoms with Crippen LogP contribution in [0.25, 0.3) is 0 Å². The van der Waals surface area contributed by atoms with Crippen LogP contribution in [0.3, 0.4) is 0 Å². The summed E-state index contributed by atoms with van der Waals surface area (Å²) in [5.41, 5.74) is 3.20. The number of rotatable bonds is 13. The van der Waals surface area contributed by atoms with Crippen LogP contribution < -0.4 is 25.0 Å². The molecule has 0 radical (unpaired) electrons. The Morgan fingerprint density at radius 2 is 1.65 bits per heavy atom. The average molecular weight is 867 g/mol. The molecule has 0 unspecified atom stereocenters. The monoisotopic (exact) mass is 866 g/mol. The zero-order chi connectivity index (χ0) is 45.0. The number of aromatic nitrogens is 2. The van der Waals surface area contributed by atoms with Crippen LogP contribution in [0.15, 0.2) is 42.7 Å². The van der Waals surface area contributed by atoms with E-state index in [1.807, 2.05) is 36.9 Å². The van der Waals surface area contributed by atoms with Crippen molar-refractivity contribution in [3.05, 3.63) is 76.1 Å². The number of amides is 4. The number of halogens is 2. The van der Waals surface area contributed by atoms with Crippen molar-refractivity contribution in [3.8, 4) is 17.6 Å². The molecule has 3 aromatic rings. The third-order valence-electron chi connectivity index (χ3n) is 14.0. The van der Waals surface area contributed by atoms with Crippen LogP contribution >= 0.6 is 0 Å². The fraction of sp³-hybridized carbons (Fsp3) is 0.553. The minimum atomic E-state index is -2.47. The van der Waals surface area contributed by atoms with E-state index in [2.05, 4.69) is 59.3 Å². The van der Waals surface area contributed by atoms with Gasteiger partial charge in [0.25, 0.3) is 18.2 Å². The largest absolute Gasteiger partial charge is 0.490 e. The van der Waals surface area contributed by atoms with Crippen LogP contribution in [0.4, 0.5) is 14.7 Å². The number of nitrogens with zero attached hydrogens (tertiary/aromatic N) is 6. The highest BCUT2D eigenvalue weighted by Gasteiger charge is 2.64. The minimum Gasteiger partial charge on any atom is -0.490 e. The highest BCUT2D eigenvalue weighted by molar-refractivity contribution is 6.05. The third kappa shape index (κ3) is 8.68. The first-order valence-corrected chi connectivity index (χ1v) is 21.9. The Balaban J connectivity index is 0.799. The lowest BCUT2D eigenvalue weighted by Gasteiger charge is -2.63. The van der Waals surface area contributed by atoms with E-state index in [-0.39, 0.29) is 73.9 Å². The maximum atomic E-state index is 13.8. The van der Waals surface area contributed by atoms with E-state index >= 15 is 0 Å². The van der Waals surface area contributed by atoms with Gasteiger partial charge in [-0.25, -0.2) is 18.7 Å². The normalized spacial score (nSPS) is 25.2. The number of imide groups is 1. The van der Waals surface area contributed by atoms with Gasteiger partial charge in [0.2, 0.25) is 17.8 Å². The predicted octanol–water partition coefficient (Wildman–Crippen LogP) is 5.73. The van der Waals surface area contributed by atoms with Crippen molar-refractivity contribution >= 4 is 29.6 Å². The van der Waals surface area contributed by atoms with Gasteiger partial charge in [0, 0.05) is 86.3 Å². The molecule has 4 heterocycles. The molecule has 2 aromatic carbocycles. The standard InChI is InChI=1S/C47H56F2N8O6/c1-26-15-33(16-27(2)36(26)20-50)63-44-46(3,4)43(47(44,5)6)54-40(59)30-21-51-45(52-22-30)55-13-11-28(12-14-55)23-56(25-38(48)49)31-17-34(18-31)62-32-8-7-29-24-57(42(61)35(29)19-32)37-9-10-39(58)53-41(37)60/h7-8,15-16,19,21-22,28,31,34,37-38,43-44H,9-14,17-18,23-25H2,1-6H3,(H,54,59)(H,53,58,60)/t31?,34?,37-,43?,44?/m1/s1. The molecule has 2 N–H and O–H groups in total. The predicted molar refractivity (Wildman–Crippen MR) is 228 cm³/mol. The smallest absolute Gasteiger partial charge is 0.255 e. The molecule has 334 valence electrons. The van der Waals surface area contributed by atoms with Crippen LogP contribution in [-0.4, -0.2) is 106 Å². The van der Waals surface area contributed by atoms with Gasteiger partial charge in [-0.15, -0.1) is 0 Å². The Labute approximate surface area is 366 Å². The van der Waals surface area contributed by atoms with Crippen LogP contribution in [-0.2, 0) is 16.1 Å². The highest BCUT2D eigenvalue weighted by atomic mass is 19.3. The van der Waals surface area contributed by atoms with Crippen molar-refractivity contribution in [3.63, 3.8) is 0 Å². The van der Waals surface area contributed by atoms with E-state index in [1.54, 1.807) is 24.5 Å². The summed E-state index contributed by atoms with van der Waals surface area (Å²) >= 11 is 0. The first-order chi connectivity index (χ1) is 29.9. The molecule has 2 saturated heterocycles. The molecule has 0 bridgehead atoms. The molecule has 0 spiro atoms. The number of carbonyl (C=O) groups is 4. The average Bonchev–Trinajstić information content (AvgIpc) is 3.54. The van der Waals surface area contributed by atoms with Crippen molar-refractivity contribution in [2.75, 3.05) is 31.1 Å². The second-order valence-electron chi connectivity index (χ2n) is 19.2. The van der Waals surface area contributed by atoms with E-state index in [4.69, 9.17) is 9.47 Å². The third-order valence-corrected chi connectivity index (χ3v) is 14.0. The number of alkyl halides is 2. The van der Waals surface area contributed by atoms with E-state index in [9.17, 15) is 33.2 Å². The number of fused-ring (bicyclic) bond motifs is 1. The number of anilines is 1. The number of nitrogens with one attached hydrogen (secondary N) is 2. The molecular weight excluding hydrogens is 811 g/mol. The first kappa shape index (κ1) is 43.9. The van der Waals surface area contributed by atoms with E-state index < -0.39 is 29.2 Å². The lowest BCUT2D eigenvalue weighted by Crippen LogP contribution is -2.74. The van der Waals surface area contributed by atoms with Gasteiger partial charge in [0.15, 0.2) is 0 Å².